The lowest BCUT2D eigenvalue weighted by atomic mass is 9.95. The van der Waals surface area contributed by atoms with Crippen molar-refractivity contribution in [2.75, 3.05) is 44.3 Å². The second kappa shape index (κ2) is 11.4. The molecule has 0 radical (unpaired) electrons. The number of aromatic hydroxyl groups is 1. The van der Waals surface area contributed by atoms with Crippen LogP contribution in [0.2, 0.25) is 0 Å². The number of nitrogens with one attached hydrogen (secondary N) is 1. The Hall–Kier alpha value is -4.18. The topological polar surface area (TPSA) is 95.9 Å². The molecule has 5 aliphatic rings. The average molecular weight is 671 g/mol. The van der Waals surface area contributed by atoms with Crippen LogP contribution in [-0.4, -0.2) is 93.7 Å². The Kier molecular flexibility index (Phi) is 7.20. The quantitative estimate of drug-likeness (QED) is 0.244. The summed E-state index contributed by atoms with van der Waals surface area (Å²) in [6.45, 7) is 3.18. The summed E-state index contributed by atoms with van der Waals surface area (Å²) < 4.78 is 59.0. The molecular weight excluding hydrogens is 633 g/mol. The maximum absolute atomic E-state index is 17.0. The molecule has 4 saturated heterocycles. The number of pyridine rings is 1. The van der Waals surface area contributed by atoms with E-state index >= 15 is 4.39 Å². The maximum Gasteiger partial charge on any atom is 0.319 e. The predicted molar refractivity (Wildman–Crippen MR) is 178 cm³/mol. The van der Waals surface area contributed by atoms with Crippen LogP contribution in [0.15, 0.2) is 30.5 Å². The first kappa shape index (κ1) is 30.8. The van der Waals surface area contributed by atoms with Crippen LogP contribution in [0.1, 0.15) is 50.5 Å². The van der Waals surface area contributed by atoms with Crippen molar-refractivity contribution in [1.29, 1.82) is 0 Å². The highest BCUT2D eigenvalue weighted by Gasteiger charge is 2.50. The Labute approximate surface area is 281 Å². The number of phenolic OH excluding ortho intramolecular Hbond substituents is 1. The summed E-state index contributed by atoms with van der Waals surface area (Å²) in [6.07, 6.45) is 12.8. The monoisotopic (exact) mass is 670 g/mol. The molecule has 9 rings (SSSR count). The zero-order valence-corrected chi connectivity index (χ0v) is 27.0. The number of hydrogen-bond donors (Lipinski definition) is 2. The Bertz CT molecular complexity index is 2040. The molecule has 2 N–H and O–H groups in total. The number of rotatable bonds is 8. The van der Waals surface area contributed by atoms with Gasteiger partial charge in [0.05, 0.1) is 34.7 Å². The molecule has 2 aromatic carbocycles. The van der Waals surface area contributed by atoms with E-state index in [9.17, 15) is 13.9 Å². The lowest BCUT2D eigenvalue weighted by molar-refractivity contribution is 0.0606. The van der Waals surface area contributed by atoms with Gasteiger partial charge in [0.15, 0.2) is 5.82 Å². The molecule has 5 fully saturated rings. The highest BCUT2D eigenvalue weighted by Crippen LogP contribution is 2.43. The summed E-state index contributed by atoms with van der Waals surface area (Å²) in [6, 6.07) is 5.67. The van der Waals surface area contributed by atoms with Crippen LogP contribution in [0.5, 0.6) is 11.8 Å². The van der Waals surface area contributed by atoms with E-state index in [1.165, 1.54) is 30.5 Å². The molecule has 0 spiro atoms. The Morgan fingerprint density at radius 1 is 1.10 bits per heavy atom. The van der Waals surface area contributed by atoms with Crippen LogP contribution in [0, 0.1) is 24.0 Å². The standard InChI is InChI=1S/C37H37F3N6O3/c1-2-26-29(39)7-4-21-12-24(47)13-27(30(21)26)32-31(40)33-28(15-41-32)34(45-17-23-8-10-36(18-45,44-23)19-48-25-5-6-25)43-35(42-33)49-20-37-9-3-11-46(37)16-22(38)14-37/h1,4,7,12-13,15,22-23,25,44,47H,3,5-6,8-11,14,16-20H2/t22-,23?,36?,37+/m1/s1. The molecule has 49 heavy (non-hydrogen) atoms. The number of piperazine rings is 1. The van der Waals surface area contributed by atoms with Gasteiger partial charge in [-0.1, -0.05) is 12.0 Å². The number of anilines is 1. The second-order valence-corrected chi connectivity index (χ2v) is 14.6. The number of fused-ring (bicyclic) bond motifs is 5. The summed E-state index contributed by atoms with van der Waals surface area (Å²) in [4.78, 5) is 18.3. The van der Waals surface area contributed by atoms with Crippen molar-refractivity contribution < 1.29 is 27.8 Å². The Balaban J connectivity index is 1.17. The normalized spacial score (nSPS) is 28.0. The van der Waals surface area contributed by atoms with Gasteiger partial charge in [0.1, 0.15) is 41.4 Å². The zero-order chi connectivity index (χ0) is 33.5. The lowest BCUT2D eigenvalue weighted by Crippen LogP contribution is -2.62. The molecule has 0 amide bonds. The van der Waals surface area contributed by atoms with Crippen LogP contribution < -0.4 is 15.0 Å². The summed E-state index contributed by atoms with van der Waals surface area (Å²) in [7, 11) is 0. The molecular formula is C37H37F3N6O3. The van der Waals surface area contributed by atoms with E-state index < -0.39 is 23.3 Å². The molecule has 12 heteroatoms. The molecule has 9 nitrogen and oxygen atoms in total. The molecule has 1 saturated carbocycles. The number of hydrogen-bond acceptors (Lipinski definition) is 9. The molecule has 6 heterocycles. The first-order valence-corrected chi connectivity index (χ1v) is 17.2. The first-order valence-electron chi connectivity index (χ1n) is 17.2. The number of ether oxygens (including phenoxy) is 2. The van der Waals surface area contributed by atoms with Gasteiger partial charge >= 0.3 is 6.01 Å². The van der Waals surface area contributed by atoms with Crippen molar-refractivity contribution in [3.63, 3.8) is 0 Å². The van der Waals surface area contributed by atoms with E-state index in [2.05, 4.69) is 31.0 Å². The van der Waals surface area contributed by atoms with Gasteiger partial charge in [0.25, 0.3) is 0 Å². The van der Waals surface area contributed by atoms with Gasteiger partial charge in [-0.25, -0.2) is 13.2 Å². The number of terminal acetylenes is 1. The van der Waals surface area contributed by atoms with Crippen LogP contribution in [0.3, 0.4) is 0 Å². The van der Waals surface area contributed by atoms with Crippen molar-refractivity contribution >= 4 is 27.5 Å². The van der Waals surface area contributed by atoms with Crippen LogP contribution >= 0.6 is 0 Å². The average Bonchev–Trinajstić information content (AvgIpc) is 3.67. The van der Waals surface area contributed by atoms with E-state index in [0.717, 1.165) is 45.1 Å². The third kappa shape index (κ3) is 5.25. The van der Waals surface area contributed by atoms with Gasteiger partial charge in [0.2, 0.25) is 0 Å². The smallest absolute Gasteiger partial charge is 0.319 e. The summed E-state index contributed by atoms with van der Waals surface area (Å²) >= 11 is 0. The largest absolute Gasteiger partial charge is 0.508 e. The van der Waals surface area contributed by atoms with Crippen molar-refractivity contribution in [2.45, 2.75) is 74.3 Å². The van der Waals surface area contributed by atoms with Crippen LogP contribution in [0.25, 0.3) is 32.9 Å². The van der Waals surface area contributed by atoms with Gasteiger partial charge in [-0.2, -0.15) is 9.97 Å². The predicted octanol–water partition coefficient (Wildman–Crippen LogP) is 5.26. The number of alkyl halides is 1. The van der Waals surface area contributed by atoms with Gasteiger partial charge in [-0.05, 0) is 68.7 Å². The molecule has 2 aromatic heterocycles. The third-order valence-electron chi connectivity index (χ3n) is 11.2. The number of nitrogens with zero attached hydrogens (tertiary/aromatic N) is 5. The Morgan fingerprint density at radius 3 is 2.82 bits per heavy atom. The van der Waals surface area contributed by atoms with E-state index in [1.807, 2.05) is 0 Å². The fourth-order valence-corrected chi connectivity index (χ4v) is 8.73. The lowest BCUT2D eigenvalue weighted by Gasteiger charge is -2.42. The van der Waals surface area contributed by atoms with Crippen molar-refractivity contribution in [3.8, 4) is 35.4 Å². The SMILES string of the molecule is C#Cc1c(F)ccc2cc(O)cc(-c3ncc4c(N5CC6CCC(COC7CC7)(C5)N6)nc(OC[C@@]56CCCN5C[C@H](F)C6)nc4c3F)c12. The minimum Gasteiger partial charge on any atom is -0.508 e. The second-order valence-electron chi connectivity index (χ2n) is 14.6. The third-order valence-corrected chi connectivity index (χ3v) is 11.2. The molecule has 2 unspecified atom stereocenters. The molecule has 254 valence electrons. The summed E-state index contributed by atoms with van der Waals surface area (Å²) in [5.74, 6) is 1.31. The molecule has 4 aromatic rings. The fourth-order valence-electron chi connectivity index (χ4n) is 8.73. The Morgan fingerprint density at radius 2 is 1.98 bits per heavy atom. The van der Waals surface area contributed by atoms with E-state index in [0.29, 0.717) is 55.4 Å². The van der Waals surface area contributed by atoms with Crippen molar-refractivity contribution in [2.24, 2.45) is 0 Å². The minimum atomic E-state index is -0.928. The molecule has 4 atom stereocenters. The summed E-state index contributed by atoms with van der Waals surface area (Å²) in [5, 5.41) is 15.5. The summed E-state index contributed by atoms with van der Waals surface area (Å²) in [5.41, 5.74) is -0.799. The van der Waals surface area contributed by atoms with Crippen molar-refractivity contribution in [1.82, 2.24) is 25.2 Å². The number of aromatic nitrogens is 3. The molecule has 1 aliphatic carbocycles. The highest BCUT2D eigenvalue weighted by molar-refractivity contribution is 6.03. The van der Waals surface area contributed by atoms with Crippen LogP contribution in [-0.2, 0) is 4.74 Å². The highest BCUT2D eigenvalue weighted by atomic mass is 19.1. The van der Waals surface area contributed by atoms with E-state index in [-0.39, 0.29) is 57.7 Å². The fraction of sp³-hybridized carbons (Fsp3) is 0.486. The van der Waals surface area contributed by atoms with Gasteiger partial charge in [-0.15, -0.1) is 6.42 Å². The first-order chi connectivity index (χ1) is 23.7. The molecule has 2 bridgehead atoms. The van der Waals surface area contributed by atoms with Crippen molar-refractivity contribution in [3.05, 3.63) is 47.7 Å². The van der Waals surface area contributed by atoms with E-state index in [1.54, 1.807) is 0 Å². The van der Waals surface area contributed by atoms with Gasteiger partial charge in [0, 0.05) is 49.2 Å². The number of benzene rings is 2. The number of halogens is 3. The van der Waals surface area contributed by atoms with E-state index in [4.69, 9.17) is 20.9 Å². The maximum atomic E-state index is 17.0. The van der Waals surface area contributed by atoms with Gasteiger partial charge in [-0.3, -0.25) is 9.88 Å². The molecule has 4 aliphatic heterocycles. The van der Waals surface area contributed by atoms with Gasteiger partial charge < -0.3 is 24.8 Å². The van der Waals surface area contributed by atoms with Crippen LogP contribution in [0.4, 0.5) is 19.0 Å². The minimum absolute atomic E-state index is 0.00707. The zero-order valence-electron chi connectivity index (χ0n) is 27.0. The number of phenols is 1.